The summed E-state index contributed by atoms with van der Waals surface area (Å²) in [4.78, 5) is 16.9. The predicted octanol–water partition coefficient (Wildman–Crippen LogP) is 3.13. The number of amides is 1. The molecule has 0 aliphatic heterocycles. The van der Waals surface area contributed by atoms with Crippen molar-refractivity contribution in [3.63, 3.8) is 0 Å². The first-order chi connectivity index (χ1) is 9.75. The highest BCUT2D eigenvalue weighted by Gasteiger charge is 2.18. The van der Waals surface area contributed by atoms with E-state index in [-0.39, 0.29) is 11.5 Å². The van der Waals surface area contributed by atoms with Gasteiger partial charge in [-0.05, 0) is 46.0 Å². The maximum atomic E-state index is 11.5. The van der Waals surface area contributed by atoms with Crippen LogP contribution in [0, 0.1) is 0 Å². The molecule has 1 aromatic heterocycles. The number of hydrogen-bond acceptors (Lipinski definition) is 5. The molecule has 0 bridgehead atoms. The van der Waals surface area contributed by atoms with E-state index in [9.17, 15) is 4.79 Å². The highest BCUT2D eigenvalue weighted by atomic mass is 32.1. The molecule has 0 aliphatic rings. The van der Waals surface area contributed by atoms with Crippen LogP contribution in [0.4, 0.5) is 5.13 Å². The Hall–Kier alpha value is -0.980. The molecule has 120 valence electrons. The first-order valence-corrected chi connectivity index (χ1v) is 8.14. The lowest BCUT2D eigenvalue weighted by atomic mass is 9.96. The van der Waals surface area contributed by atoms with Crippen LogP contribution in [0.15, 0.2) is 6.20 Å². The molecule has 0 aromatic carbocycles. The number of nitrogens with one attached hydrogen (secondary N) is 1. The Balaban J connectivity index is 2.47. The fraction of sp³-hybridized carbons (Fsp3) is 0.733. The van der Waals surface area contributed by atoms with Gasteiger partial charge in [-0.25, -0.2) is 4.98 Å². The smallest absolute Gasteiger partial charge is 0.242 e. The quantitative estimate of drug-likeness (QED) is 0.773. The normalized spacial score (nSPS) is 14.8. The summed E-state index contributed by atoms with van der Waals surface area (Å²) in [6.07, 6.45) is 5.05. The van der Waals surface area contributed by atoms with Gasteiger partial charge in [-0.1, -0.05) is 6.92 Å². The third kappa shape index (κ3) is 6.11. The first-order valence-electron chi connectivity index (χ1n) is 7.32. The lowest BCUT2D eigenvalue weighted by molar-refractivity contribution is -0.117. The van der Waals surface area contributed by atoms with E-state index in [0.29, 0.717) is 11.0 Å². The van der Waals surface area contributed by atoms with Crippen LogP contribution in [0.5, 0.6) is 0 Å². The topological polar surface area (TPSA) is 77.2 Å². The molecule has 0 fully saturated rings. The van der Waals surface area contributed by atoms with E-state index >= 15 is 0 Å². The highest BCUT2D eigenvalue weighted by Crippen LogP contribution is 2.30. The van der Waals surface area contributed by atoms with Crippen LogP contribution in [0.2, 0.25) is 0 Å². The van der Waals surface area contributed by atoms with Crippen molar-refractivity contribution in [2.24, 2.45) is 5.73 Å². The predicted molar refractivity (Wildman–Crippen MR) is 87.7 cm³/mol. The van der Waals surface area contributed by atoms with Crippen molar-refractivity contribution in [2.45, 2.75) is 64.5 Å². The summed E-state index contributed by atoms with van der Waals surface area (Å²) in [5, 5.41) is 3.35. The Bertz CT molecular complexity index is 458. The van der Waals surface area contributed by atoms with Gasteiger partial charge in [-0.3, -0.25) is 4.79 Å². The fourth-order valence-electron chi connectivity index (χ4n) is 1.87. The summed E-state index contributed by atoms with van der Waals surface area (Å²) in [6.45, 7) is 8.05. The van der Waals surface area contributed by atoms with Crippen LogP contribution in [-0.2, 0) is 9.53 Å². The van der Waals surface area contributed by atoms with Gasteiger partial charge in [0, 0.05) is 18.2 Å². The van der Waals surface area contributed by atoms with E-state index in [1.165, 1.54) is 16.2 Å². The van der Waals surface area contributed by atoms with Gasteiger partial charge in [0.25, 0.3) is 0 Å². The number of ether oxygens (including phenoxy) is 1. The van der Waals surface area contributed by atoms with Crippen LogP contribution in [0.1, 0.15) is 57.8 Å². The lowest BCUT2D eigenvalue weighted by Gasteiger charge is -2.23. The second-order valence-electron chi connectivity index (χ2n) is 6.10. The van der Waals surface area contributed by atoms with E-state index in [1.54, 1.807) is 14.0 Å². The molecule has 1 rings (SSSR count). The number of hydrogen-bond donors (Lipinski definition) is 2. The molecule has 2 unspecified atom stereocenters. The van der Waals surface area contributed by atoms with E-state index in [2.05, 4.69) is 31.1 Å². The summed E-state index contributed by atoms with van der Waals surface area (Å²) in [5.41, 5.74) is 5.46. The third-order valence-electron chi connectivity index (χ3n) is 3.62. The van der Waals surface area contributed by atoms with Crippen molar-refractivity contribution < 1.29 is 9.53 Å². The molecule has 0 aliphatic carbocycles. The minimum absolute atomic E-state index is 0.0657. The van der Waals surface area contributed by atoms with Gasteiger partial charge in [-0.2, -0.15) is 0 Å². The second-order valence-corrected chi connectivity index (χ2v) is 7.17. The number of methoxy groups -OCH3 is 1. The van der Waals surface area contributed by atoms with E-state index in [4.69, 9.17) is 10.5 Å². The van der Waals surface area contributed by atoms with Crippen molar-refractivity contribution in [2.75, 3.05) is 12.4 Å². The van der Waals surface area contributed by atoms with Crippen molar-refractivity contribution in [3.8, 4) is 0 Å². The number of aromatic nitrogens is 1. The summed E-state index contributed by atoms with van der Waals surface area (Å²) < 4.78 is 5.43. The van der Waals surface area contributed by atoms with Gasteiger partial charge < -0.3 is 15.8 Å². The minimum Gasteiger partial charge on any atom is -0.379 e. The number of carbonyl (C=O) groups is 1. The second kappa shape index (κ2) is 7.87. The number of thiazole rings is 1. The first kappa shape index (κ1) is 18.1. The molecule has 1 amide bonds. The average Bonchev–Trinajstić information content (AvgIpc) is 2.86. The Kier molecular flexibility index (Phi) is 6.77. The summed E-state index contributed by atoms with van der Waals surface area (Å²) >= 11 is 1.52. The number of nitrogens with two attached hydrogens (primary N) is 1. The molecule has 1 aromatic rings. The van der Waals surface area contributed by atoms with E-state index in [0.717, 1.165) is 19.3 Å². The summed E-state index contributed by atoms with van der Waals surface area (Å²) in [7, 11) is 1.75. The molecule has 0 saturated heterocycles. The molecular weight excluding hydrogens is 286 g/mol. The Morgan fingerprint density at radius 2 is 2.19 bits per heavy atom. The molecule has 5 nitrogen and oxygen atoms in total. The van der Waals surface area contributed by atoms with Crippen molar-refractivity contribution in [3.05, 3.63) is 11.1 Å². The van der Waals surface area contributed by atoms with Crippen molar-refractivity contribution in [1.29, 1.82) is 0 Å². The zero-order valence-electron chi connectivity index (χ0n) is 13.6. The maximum absolute atomic E-state index is 11.5. The molecular formula is C15H27N3O2S. The number of anilines is 1. The zero-order valence-corrected chi connectivity index (χ0v) is 14.4. The standard InChI is InChI=1S/C15H27N3O2S/c1-10(7-6-8-15(3,4)20-5)12-9-17-14(21-12)18-13(19)11(2)16/h9-11H,6-8,16H2,1-5H3,(H,17,18,19). The van der Waals surface area contributed by atoms with E-state index < -0.39 is 6.04 Å². The highest BCUT2D eigenvalue weighted by molar-refractivity contribution is 7.15. The minimum atomic E-state index is -0.522. The molecule has 6 heteroatoms. The van der Waals surface area contributed by atoms with Gasteiger partial charge in [-0.15, -0.1) is 11.3 Å². The monoisotopic (exact) mass is 313 g/mol. The third-order valence-corrected chi connectivity index (χ3v) is 4.77. The number of carbonyl (C=O) groups excluding carboxylic acids is 1. The van der Waals surface area contributed by atoms with Crippen LogP contribution >= 0.6 is 11.3 Å². The van der Waals surface area contributed by atoms with Crippen LogP contribution in [-0.4, -0.2) is 29.6 Å². The Morgan fingerprint density at radius 3 is 2.76 bits per heavy atom. The molecule has 0 spiro atoms. The number of rotatable bonds is 8. The van der Waals surface area contributed by atoms with Crippen molar-refractivity contribution in [1.82, 2.24) is 4.98 Å². The average molecular weight is 313 g/mol. The zero-order chi connectivity index (χ0) is 16.0. The van der Waals surface area contributed by atoms with Gasteiger partial charge in [0.05, 0.1) is 11.6 Å². The van der Waals surface area contributed by atoms with Gasteiger partial charge in [0.2, 0.25) is 5.91 Å². The number of nitrogens with zero attached hydrogens (tertiary/aromatic N) is 1. The molecule has 1 heterocycles. The molecule has 0 saturated carbocycles. The fourth-order valence-corrected chi connectivity index (χ4v) is 2.77. The van der Waals surface area contributed by atoms with Crippen molar-refractivity contribution >= 4 is 22.4 Å². The molecule has 2 atom stereocenters. The lowest BCUT2D eigenvalue weighted by Crippen LogP contribution is -2.32. The van der Waals surface area contributed by atoms with Gasteiger partial charge >= 0.3 is 0 Å². The molecule has 21 heavy (non-hydrogen) atoms. The molecule has 0 radical (unpaired) electrons. The summed E-state index contributed by atoms with van der Waals surface area (Å²) in [6, 6.07) is -0.522. The van der Waals surface area contributed by atoms with Gasteiger partial charge in [0.15, 0.2) is 5.13 Å². The van der Waals surface area contributed by atoms with E-state index in [1.807, 2.05) is 6.20 Å². The largest absolute Gasteiger partial charge is 0.379 e. The molecule has 3 N–H and O–H groups in total. The Morgan fingerprint density at radius 1 is 1.52 bits per heavy atom. The van der Waals surface area contributed by atoms with Crippen LogP contribution in [0.25, 0.3) is 0 Å². The SMILES string of the molecule is COC(C)(C)CCCC(C)c1cnc(NC(=O)C(C)N)s1. The van der Waals surface area contributed by atoms with Crippen LogP contribution in [0.3, 0.4) is 0 Å². The van der Waals surface area contributed by atoms with Crippen LogP contribution < -0.4 is 11.1 Å². The maximum Gasteiger partial charge on any atom is 0.242 e. The Labute approximate surface area is 131 Å². The summed E-state index contributed by atoms with van der Waals surface area (Å²) in [5.74, 6) is 0.224. The van der Waals surface area contributed by atoms with Gasteiger partial charge in [0.1, 0.15) is 0 Å².